The predicted molar refractivity (Wildman–Crippen MR) is 85.4 cm³/mol. The van der Waals surface area contributed by atoms with Gasteiger partial charge in [0.2, 0.25) is 0 Å². The third kappa shape index (κ3) is 8.50. The maximum atomic E-state index is 5.74. The molecule has 1 unspecified atom stereocenters. The number of methoxy groups -OCH3 is 1. The molecule has 0 amide bonds. The Labute approximate surface area is 134 Å². The van der Waals surface area contributed by atoms with E-state index in [1.165, 1.54) is 0 Å². The van der Waals surface area contributed by atoms with Gasteiger partial charge in [0.15, 0.2) is 0 Å². The molecule has 120 valence electrons. The van der Waals surface area contributed by atoms with E-state index < -0.39 is 0 Å². The average Bonchev–Trinajstić information content (AvgIpc) is 2.51. The Balaban J connectivity index is 2.08. The van der Waals surface area contributed by atoms with Gasteiger partial charge in [-0.25, -0.2) is 0 Å². The van der Waals surface area contributed by atoms with E-state index in [1.54, 1.807) is 7.11 Å². The summed E-state index contributed by atoms with van der Waals surface area (Å²) >= 11 is 3.41. The van der Waals surface area contributed by atoms with Crippen LogP contribution < -0.4 is 5.73 Å². The number of ether oxygens (including phenoxy) is 4. The zero-order chi connectivity index (χ0) is 15.3. The molecule has 6 heteroatoms. The molecule has 0 aliphatic heterocycles. The van der Waals surface area contributed by atoms with Crippen molar-refractivity contribution in [3.63, 3.8) is 0 Å². The van der Waals surface area contributed by atoms with Gasteiger partial charge in [-0.1, -0.05) is 28.1 Å². The molecule has 0 aromatic heterocycles. The second-order valence-corrected chi connectivity index (χ2v) is 5.28. The lowest BCUT2D eigenvalue weighted by molar-refractivity contribution is -0.0147. The molecule has 1 rings (SSSR count). The molecule has 1 atom stereocenters. The van der Waals surface area contributed by atoms with Crippen molar-refractivity contribution in [1.29, 1.82) is 0 Å². The van der Waals surface area contributed by atoms with Crippen LogP contribution in [0.25, 0.3) is 0 Å². The van der Waals surface area contributed by atoms with E-state index >= 15 is 0 Å². The fourth-order valence-corrected chi connectivity index (χ4v) is 1.96. The quantitative estimate of drug-likeness (QED) is 0.578. The van der Waals surface area contributed by atoms with Crippen LogP contribution in [0.15, 0.2) is 28.7 Å². The van der Waals surface area contributed by atoms with Gasteiger partial charge in [0, 0.05) is 18.1 Å². The minimum Gasteiger partial charge on any atom is -0.382 e. The van der Waals surface area contributed by atoms with Crippen molar-refractivity contribution in [2.45, 2.75) is 6.10 Å². The Bertz CT molecular complexity index is 361. The van der Waals surface area contributed by atoms with Crippen molar-refractivity contribution >= 4 is 15.9 Å². The van der Waals surface area contributed by atoms with E-state index in [2.05, 4.69) is 15.9 Å². The summed E-state index contributed by atoms with van der Waals surface area (Å²) in [5.74, 6) is 0. The Morgan fingerprint density at radius 1 is 0.952 bits per heavy atom. The Kier molecular flexibility index (Phi) is 10.7. The number of benzene rings is 1. The van der Waals surface area contributed by atoms with Crippen LogP contribution in [0.1, 0.15) is 11.7 Å². The zero-order valence-electron chi connectivity index (χ0n) is 12.4. The molecule has 0 saturated heterocycles. The monoisotopic (exact) mass is 361 g/mol. The predicted octanol–water partition coefficient (Wildman–Crippen LogP) is 2.15. The number of hydrogen-bond donors (Lipinski definition) is 1. The van der Waals surface area contributed by atoms with Crippen LogP contribution >= 0.6 is 15.9 Å². The van der Waals surface area contributed by atoms with E-state index in [-0.39, 0.29) is 6.10 Å². The summed E-state index contributed by atoms with van der Waals surface area (Å²) < 4.78 is 22.4. The van der Waals surface area contributed by atoms with E-state index in [1.807, 2.05) is 24.3 Å². The number of halogens is 1. The molecular formula is C15H24BrNO4. The Morgan fingerprint density at radius 2 is 1.52 bits per heavy atom. The molecule has 2 N–H and O–H groups in total. The van der Waals surface area contributed by atoms with Gasteiger partial charge in [0.1, 0.15) is 0 Å². The molecule has 0 fully saturated rings. The zero-order valence-corrected chi connectivity index (χ0v) is 14.0. The fourth-order valence-electron chi connectivity index (χ4n) is 1.69. The normalized spacial score (nSPS) is 12.5. The lowest BCUT2D eigenvalue weighted by Crippen LogP contribution is -2.18. The van der Waals surface area contributed by atoms with Gasteiger partial charge in [0.25, 0.3) is 0 Å². The van der Waals surface area contributed by atoms with Gasteiger partial charge in [-0.2, -0.15) is 0 Å². The van der Waals surface area contributed by atoms with Gasteiger partial charge < -0.3 is 24.7 Å². The Morgan fingerprint density at radius 3 is 2.10 bits per heavy atom. The maximum absolute atomic E-state index is 5.74. The molecule has 0 bridgehead atoms. The van der Waals surface area contributed by atoms with Gasteiger partial charge in [0.05, 0.1) is 45.7 Å². The maximum Gasteiger partial charge on any atom is 0.0948 e. The van der Waals surface area contributed by atoms with Crippen molar-refractivity contribution in [2.75, 3.05) is 53.3 Å². The molecule has 0 aliphatic carbocycles. The topological polar surface area (TPSA) is 62.9 Å². The van der Waals surface area contributed by atoms with Crippen LogP contribution in [-0.2, 0) is 18.9 Å². The lowest BCUT2D eigenvalue weighted by Gasteiger charge is -2.16. The summed E-state index contributed by atoms with van der Waals surface area (Å²) in [6.45, 7) is 3.80. The van der Waals surface area contributed by atoms with Gasteiger partial charge in [-0.15, -0.1) is 0 Å². The third-order valence-corrected chi connectivity index (χ3v) is 3.34. The van der Waals surface area contributed by atoms with E-state index in [0.717, 1.165) is 10.0 Å². The SMILES string of the molecule is COCCOCCOCCOC(CN)c1ccc(Br)cc1. The summed E-state index contributed by atoms with van der Waals surface area (Å²) in [5.41, 5.74) is 6.82. The van der Waals surface area contributed by atoms with Gasteiger partial charge in [-0.05, 0) is 17.7 Å². The highest BCUT2D eigenvalue weighted by atomic mass is 79.9. The van der Waals surface area contributed by atoms with Crippen LogP contribution in [0, 0.1) is 0 Å². The molecule has 0 saturated carbocycles. The number of rotatable bonds is 12. The minimum absolute atomic E-state index is 0.0975. The first kappa shape index (κ1) is 18.5. The summed E-state index contributed by atoms with van der Waals surface area (Å²) in [6.07, 6.45) is -0.0975. The van der Waals surface area contributed by atoms with Gasteiger partial charge >= 0.3 is 0 Å². The highest BCUT2D eigenvalue weighted by molar-refractivity contribution is 9.10. The molecular weight excluding hydrogens is 338 g/mol. The lowest BCUT2D eigenvalue weighted by atomic mass is 10.1. The van der Waals surface area contributed by atoms with Crippen LogP contribution in [-0.4, -0.2) is 53.3 Å². The van der Waals surface area contributed by atoms with Crippen LogP contribution in [0.2, 0.25) is 0 Å². The van der Waals surface area contributed by atoms with Crippen molar-refractivity contribution in [2.24, 2.45) is 5.73 Å². The molecule has 5 nitrogen and oxygen atoms in total. The van der Waals surface area contributed by atoms with E-state index in [9.17, 15) is 0 Å². The largest absolute Gasteiger partial charge is 0.382 e. The second-order valence-electron chi connectivity index (χ2n) is 4.36. The fraction of sp³-hybridized carbons (Fsp3) is 0.600. The van der Waals surface area contributed by atoms with Crippen LogP contribution in [0.4, 0.5) is 0 Å². The first-order valence-electron chi connectivity index (χ1n) is 6.99. The first-order chi connectivity index (χ1) is 10.3. The molecule has 0 spiro atoms. The molecule has 1 aromatic carbocycles. The van der Waals surface area contributed by atoms with Crippen molar-refractivity contribution in [3.05, 3.63) is 34.3 Å². The van der Waals surface area contributed by atoms with Crippen molar-refractivity contribution in [1.82, 2.24) is 0 Å². The summed E-state index contributed by atoms with van der Waals surface area (Å²) in [5, 5.41) is 0. The summed E-state index contributed by atoms with van der Waals surface area (Å²) in [7, 11) is 1.65. The minimum atomic E-state index is -0.0975. The van der Waals surface area contributed by atoms with Gasteiger partial charge in [-0.3, -0.25) is 0 Å². The van der Waals surface area contributed by atoms with Crippen LogP contribution in [0.3, 0.4) is 0 Å². The molecule has 21 heavy (non-hydrogen) atoms. The molecule has 0 heterocycles. The average molecular weight is 362 g/mol. The number of nitrogens with two attached hydrogens (primary N) is 1. The third-order valence-electron chi connectivity index (χ3n) is 2.81. The molecule has 0 aliphatic rings. The van der Waals surface area contributed by atoms with Crippen molar-refractivity contribution < 1.29 is 18.9 Å². The van der Waals surface area contributed by atoms with Crippen molar-refractivity contribution in [3.8, 4) is 0 Å². The molecule has 0 radical (unpaired) electrons. The summed E-state index contributed by atoms with van der Waals surface area (Å²) in [4.78, 5) is 0. The standard InChI is InChI=1S/C15H24BrNO4/c1-18-6-7-19-8-9-20-10-11-21-15(12-17)13-2-4-14(16)5-3-13/h2-5,15H,6-12,17H2,1H3. The van der Waals surface area contributed by atoms with E-state index in [0.29, 0.717) is 46.2 Å². The van der Waals surface area contributed by atoms with E-state index in [4.69, 9.17) is 24.7 Å². The second kappa shape index (κ2) is 12.1. The Hall–Kier alpha value is -0.500. The smallest absolute Gasteiger partial charge is 0.0948 e. The van der Waals surface area contributed by atoms with Crippen LogP contribution in [0.5, 0.6) is 0 Å². The highest BCUT2D eigenvalue weighted by Crippen LogP contribution is 2.18. The molecule has 1 aromatic rings. The number of hydrogen-bond acceptors (Lipinski definition) is 5. The first-order valence-corrected chi connectivity index (χ1v) is 7.78. The highest BCUT2D eigenvalue weighted by Gasteiger charge is 2.09. The summed E-state index contributed by atoms with van der Waals surface area (Å²) in [6, 6.07) is 7.97.